The SMILES string of the molecule is COc1cc(C(CN)C(F)F)c(Cl)cn1. The molecular formula is C9H11ClF2N2O. The molecule has 3 nitrogen and oxygen atoms in total. The summed E-state index contributed by atoms with van der Waals surface area (Å²) in [6.07, 6.45) is -1.28. The van der Waals surface area contributed by atoms with Crippen molar-refractivity contribution in [2.75, 3.05) is 13.7 Å². The molecule has 6 heteroatoms. The third-order valence-electron chi connectivity index (χ3n) is 2.03. The zero-order valence-corrected chi connectivity index (χ0v) is 8.84. The molecule has 1 atom stereocenters. The first kappa shape index (κ1) is 12.1. The normalized spacial score (nSPS) is 12.9. The summed E-state index contributed by atoms with van der Waals surface area (Å²) >= 11 is 5.76. The molecule has 0 saturated heterocycles. The van der Waals surface area contributed by atoms with Crippen LogP contribution in [0, 0.1) is 0 Å². The molecule has 0 aliphatic heterocycles. The fourth-order valence-electron chi connectivity index (χ4n) is 1.20. The third-order valence-corrected chi connectivity index (χ3v) is 2.34. The highest BCUT2D eigenvalue weighted by atomic mass is 35.5. The average molecular weight is 237 g/mol. The lowest BCUT2D eigenvalue weighted by molar-refractivity contribution is 0.117. The van der Waals surface area contributed by atoms with E-state index in [0.29, 0.717) is 0 Å². The van der Waals surface area contributed by atoms with Crippen LogP contribution in [0.4, 0.5) is 8.78 Å². The van der Waals surface area contributed by atoms with E-state index in [9.17, 15) is 8.78 Å². The highest BCUT2D eigenvalue weighted by Gasteiger charge is 2.23. The summed E-state index contributed by atoms with van der Waals surface area (Å²) in [4.78, 5) is 3.79. The van der Waals surface area contributed by atoms with Gasteiger partial charge < -0.3 is 10.5 Å². The number of nitrogens with zero attached hydrogens (tertiary/aromatic N) is 1. The van der Waals surface area contributed by atoms with Crippen molar-refractivity contribution < 1.29 is 13.5 Å². The topological polar surface area (TPSA) is 48.1 Å². The van der Waals surface area contributed by atoms with Crippen LogP contribution in [0.2, 0.25) is 5.02 Å². The van der Waals surface area contributed by atoms with Gasteiger partial charge in [0.05, 0.1) is 18.1 Å². The second-order valence-electron chi connectivity index (χ2n) is 2.92. The summed E-state index contributed by atoms with van der Waals surface area (Å²) in [6.45, 7) is -0.176. The number of pyridine rings is 1. The maximum absolute atomic E-state index is 12.6. The van der Waals surface area contributed by atoms with Crippen molar-refractivity contribution in [2.24, 2.45) is 5.73 Å². The predicted molar refractivity (Wildman–Crippen MR) is 53.6 cm³/mol. The molecule has 0 fully saturated rings. The number of hydrogen-bond acceptors (Lipinski definition) is 3. The van der Waals surface area contributed by atoms with Gasteiger partial charge in [0.25, 0.3) is 0 Å². The second kappa shape index (κ2) is 5.23. The van der Waals surface area contributed by atoms with Crippen LogP contribution in [-0.4, -0.2) is 25.1 Å². The van der Waals surface area contributed by atoms with Gasteiger partial charge in [-0.05, 0) is 5.56 Å². The first-order valence-electron chi connectivity index (χ1n) is 4.27. The van der Waals surface area contributed by atoms with Gasteiger partial charge in [-0.15, -0.1) is 0 Å². The van der Waals surface area contributed by atoms with Gasteiger partial charge in [0, 0.05) is 18.8 Å². The number of methoxy groups -OCH3 is 1. The molecule has 0 radical (unpaired) electrons. The largest absolute Gasteiger partial charge is 0.481 e. The van der Waals surface area contributed by atoms with Crippen molar-refractivity contribution >= 4 is 11.6 Å². The van der Waals surface area contributed by atoms with E-state index in [4.69, 9.17) is 22.1 Å². The predicted octanol–water partition coefficient (Wildman–Crippen LogP) is 2.05. The Balaban J connectivity index is 3.09. The Kier molecular flexibility index (Phi) is 4.23. The minimum atomic E-state index is -2.56. The average Bonchev–Trinajstić information content (AvgIpc) is 2.21. The maximum atomic E-state index is 12.6. The Hall–Kier alpha value is -0.940. The molecule has 1 aromatic rings. The van der Waals surface area contributed by atoms with Gasteiger partial charge >= 0.3 is 0 Å². The van der Waals surface area contributed by atoms with Crippen molar-refractivity contribution in [3.8, 4) is 5.88 Å². The minimum Gasteiger partial charge on any atom is -0.481 e. The molecule has 0 amide bonds. The Labute approximate surface area is 91.2 Å². The van der Waals surface area contributed by atoms with Crippen molar-refractivity contribution in [3.63, 3.8) is 0 Å². The first-order chi connectivity index (χ1) is 7.10. The Morgan fingerprint density at radius 3 is 2.73 bits per heavy atom. The molecule has 0 aromatic carbocycles. The lowest BCUT2D eigenvalue weighted by Gasteiger charge is -2.15. The number of ether oxygens (including phenoxy) is 1. The first-order valence-corrected chi connectivity index (χ1v) is 4.65. The molecule has 0 spiro atoms. The van der Waals surface area contributed by atoms with Gasteiger partial charge in [-0.1, -0.05) is 11.6 Å². The van der Waals surface area contributed by atoms with Crippen LogP contribution in [0.15, 0.2) is 12.3 Å². The molecule has 2 N–H and O–H groups in total. The maximum Gasteiger partial charge on any atom is 0.246 e. The van der Waals surface area contributed by atoms with Crippen LogP contribution in [0.5, 0.6) is 5.88 Å². The smallest absolute Gasteiger partial charge is 0.246 e. The molecule has 0 saturated carbocycles. The van der Waals surface area contributed by atoms with Crippen LogP contribution in [0.1, 0.15) is 11.5 Å². The zero-order chi connectivity index (χ0) is 11.4. The number of aromatic nitrogens is 1. The summed E-state index contributed by atoms with van der Waals surface area (Å²) < 4.78 is 30.0. The standard InChI is InChI=1S/C9H11ClF2N2O/c1-15-8-2-5(7(10)4-14-8)6(3-13)9(11)12/h2,4,6,9H,3,13H2,1H3. The van der Waals surface area contributed by atoms with Gasteiger partial charge in [-0.3, -0.25) is 0 Å². The summed E-state index contributed by atoms with van der Waals surface area (Å²) in [7, 11) is 1.40. The van der Waals surface area contributed by atoms with Crippen LogP contribution in [0.25, 0.3) is 0 Å². The molecule has 0 aliphatic carbocycles. The Morgan fingerprint density at radius 1 is 1.60 bits per heavy atom. The Morgan fingerprint density at radius 2 is 2.27 bits per heavy atom. The van der Waals surface area contributed by atoms with Crippen LogP contribution in [0.3, 0.4) is 0 Å². The van der Waals surface area contributed by atoms with Crippen LogP contribution >= 0.6 is 11.6 Å². The van der Waals surface area contributed by atoms with Gasteiger partial charge in [0.1, 0.15) is 0 Å². The molecule has 1 rings (SSSR count). The van der Waals surface area contributed by atoms with Gasteiger partial charge in [0.2, 0.25) is 12.3 Å². The number of rotatable bonds is 4. The highest BCUT2D eigenvalue weighted by molar-refractivity contribution is 6.31. The quantitative estimate of drug-likeness (QED) is 0.871. The van der Waals surface area contributed by atoms with E-state index in [0.717, 1.165) is 0 Å². The summed E-state index contributed by atoms with van der Waals surface area (Å²) in [5.74, 6) is -0.845. The zero-order valence-electron chi connectivity index (χ0n) is 8.08. The van der Waals surface area contributed by atoms with E-state index < -0.39 is 12.3 Å². The van der Waals surface area contributed by atoms with E-state index in [2.05, 4.69) is 4.98 Å². The number of hydrogen-bond donors (Lipinski definition) is 1. The van der Waals surface area contributed by atoms with Crippen molar-refractivity contribution in [2.45, 2.75) is 12.3 Å². The second-order valence-corrected chi connectivity index (χ2v) is 3.33. The summed E-state index contributed by atoms with van der Waals surface area (Å²) in [5.41, 5.74) is 5.53. The van der Waals surface area contributed by atoms with E-state index in [1.165, 1.54) is 19.4 Å². The highest BCUT2D eigenvalue weighted by Crippen LogP contribution is 2.30. The molecule has 0 aliphatic rings. The van der Waals surface area contributed by atoms with Crippen LogP contribution < -0.4 is 10.5 Å². The van der Waals surface area contributed by atoms with Crippen molar-refractivity contribution in [3.05, 3.63) is 22.8 Å². The van der Waals surface area contributed by atoms with E-state index in [-0.39, 0.29) is 23.0 Å². The van der Waals surface area contributed by atoms with E-state index >= 15 is 0 Å². The molecule has 1 unspecified atom stereocenters. The Bertz CT molecular complexity index is 336. The fourth-order valence-corrected chi connectivity index (χ4v) is 1.44. The lowest BCUT2D eigenvalue weighted by atomic mass is 10.0. The fraction of sp³-hybridized carbons (Fsp3) is 0.444. The minimum absolute atomic E-state index is 0.173. The third kappa shape index (κ3) is 2.76. The van der Waals surface area contributed by atoms with Crippen molar-refractivity contribution in [1.29, 1.82) is 0 Å². The summed E-state index contributed by atoms with van der Waals surface area (Å²) in [6, 6.07) is 1.38. The molecule has 15 heavy (non-hydrogen) atoms. The summed E-state index contributed by atoms with van der Waals surface area (Å²) in [5, 5.41) is 0.173. The molecule has 84 valence electrons. The molecular weight excluding hydrogens is 226 g/mol. The van der Waals surface area contributed by atoms with Crippen LogP contribution in [-0.2, 0) is 0 Å². The molecule has 1 heterocycles. The van der Waals surface area contributed by atoms with Gasteiger partial charge in [-0.2, -0.15) is 0 Å². The number of nitrogens with two attached hydrogens (primary N) is 1. The number of alkyl halides is 2. The number of halogens is 3. The van der Waals surface area contributed by atoms with E-state index in [1.807, 2.05) is 0 Å². The van der Waals surface area contributed by atoms with Crippen molar-refractivity contribution in [1.82, 2.24) is 4.98 Å². The monoisotopic (exact) mass is 236 g/mol. The molecule has 0 bridgehead atoms. The molecule has 1 aromatic heterocycles. The van der Waals surface area contributed by atoms with Gasteiger partial charge in [-0.25, -0.2) is 13.8 Å². The van der Waals surface area contributed by atoms with E-state index in [1.54, 1.807) is 0 Å². The van der Waals surface area contributed by atoms with Gasteiger partial charge in [0.15, 0.2) is 0 Å². The lowest BCUT2D eigenvalue weighted by Crippen LogP contribution is -2.20.